The van der Waals surface area contributed by atoms with Crippen LogP contribution in [0.4, 0.5) is 10.2 Å². The van der Waals surface area contributed by atoms with Crippen molar-refractivity contribution in [2.75, 3.05) is 24.5 Å². The van der Waals surface area contributed by atoms with Crippen LogP contribution in [0, 0.1) is 11.7 Å². The van der Waals surface area contributed by atoms with E-state index in [2.05, 4.69) is 29.0 Å². The molecular weight excluding hydrogens is 253 g/mol. The number of halogens is 1. The van der Waals surface area contributed by atoms with Gasteiger partial charge < -0.3 is 10.2 Å². The van der Waals surface area contributed by atoms with Crippen molar-refractivity contribution < 1.29 is 4.39 Å². The number of rotatable bonds is 8. The molecule has 1 fully saturated rings. The Labute approximate surface area is 121 Å². The van der Waals surface area contributed by atoms with E-state index >= 15 is 0 Å². The van der Waals surface area contributed by atoms with Crippen molar-refractivity contribution in [3.63, 3.8) is 0 Å². The van der Waals surface area contributed by atoms with Crippen molar-refractivity contribution in [2.24, 2.45) is 5.92 Å². The van der Waals surface area contributed by atoms with Gasteiger partial charge in [-0.25, -0.2) is 9.37 Å². The zero-order valence-corrected chi connectivity index (χ0v) is 12.7. The van der Waals surface area contributed by atoms with Crippen molar-refractivity contribution in [1.29, 1.82) is 0 Å². The van der Waals surface area contributed by atoms with Crippen LogP contribution in [0.1, 0.15) is 45.1 Å². The molecule has 112 valence electrons. The van der Waals surface area contributed by atoms with Crippen molar-refractivity contribution in [3.8, 4) is 0 Å². The molecule has 0 atom stereocenters. The Morgan fingerprint density at radius 3 is 2.80 bits per heavy atom. The molecule has 0 aromatic carbocycles. The topological polar surface area (TPSA) is 28.2 Å². The van der Waals surface area contributed by atoms with Gasteiger partial charge in [-0.1, -0.05) is 13.3 Å². The highest BCUT2D eigenvalue weighted by molar-refractivity contribution is 5.47. The zero-order valence-electron chi connectivity index (χ0n) is 12.7. The molecule has 20 heavy (non-hydrogen) atoms. The molecule has 0 amide bonds. The van der Waals surface area contributed by atoms with Crippen molar-refractivity contribution in [1.82, 2.24) is 10.3 Å². The third kappa shape index (κ3) is 3.92. The van der Waals surface area contributed by atoms with E-state index in [4.69, 9.17) is 0 Å². The van der Waals surface area contributed by atoms with Gasteiger partial charge >= 0.3 is 0 Å². The van der Waals surface area contributed by atoms with Gasteiger partial charge in [0.25, 0.3) is 0 Å². The third-order valence-electron chi connectivity index (χ3n) is 4.04. The first-order chi connectivity index (χ1) is 9.74. The van der Waals surface area contributed by atoms with Crippen LogP contribution in [-0.4, -0.2) is 24.6 Å². The average molecular weight is 279 g/mol. The molecule has 0 bridgehead atoms. The van der Waals surface area contributed by atoms with Crippen molar-refractivity contribution in [3.05, 3.63) is 23.6 Å². The molecule has 1 aromatic rings. The largest absolute Gasteiger partial charge is 0.356 e. The Kier molecular flexibility index (Phi) is 5.77. The molecule has 0 unspecified atom stereocenters. The quantitative estimate of drug-likeness (QED) is 0.740. The van der Waals surface area contributed by atoms with Crippen molar-refractivity contribution in [2.45, 2.75) is 46.1 Å². The average Bonchev–Trinajstić information content (AvgIpc) is 2.39. The lowest BCUT2D eigenvalue weighted by Crippen LogP contribution is -2.34. The number of nitrogens with zero attached hydrogens (tertiary/aromatic N) is 2. The van der Waals surface area contributed by atoms with Crippen LogP contribution < -0.4 is 10.2 Å². The molecule has 1 saturated carbocycles. The lowest BCUT2D eigenvalue weighted by molar-refractivity contribution is 0.318. The van der Waals surface area contributed by atoms with E-state index in [1.807, 2.05) is 0 Å². The molecule has 1 aliphatic carbocycles. The van der Waals surface area contributed by atoms with Gasteiger partial charge in [0.05, 0.1) is 6.20 Å². The van der Waals surface area contributed by atoms with E-state index in [1.165, 1.54) is 25.5 Å². The Morgan fingerprint density at radius 1 is 1.40 bits per heavy atom. The lowest BCUT2D eigenvalue weighted by atomic mass is 9.85. The summed E-state index contributed by atoms with van der Waals surface area (Å²) < 4.78 is 13.5. The second-order valence-corrected chi connectivity index (χ2v) is 5.65. The molecule has 1 aliphatic rings. The van der Waals surface area contributed by atoms with Gasteiger partial charge in [0.15, 0.2) is 0 Å². The van der Waals surface area contributed by atoms with Crippen molar-refractivity contribution >= 4 is 5.82 Å². The molecule has 1 aromatic heterocycles. The Hall–Kier alpha value is -1.16. The molecule has 2 rings (SSSR count). The number of hydrogen-bond acceptors (Lipinski definition) is 3. The van der Waals surface area contributed by atoms with Gasteiger partial charge in [-0.3, -0.25) is 0 Å². The first-order valence-electron chi connectivity index (χ1n) is 7.84. The first kappa shape index (κ1) is 15.2. The summed E-state index contributed by atoms with van der Waals surface area (Å²) >= 11 is 0. The van der Waals surface area contributed by atoms with Crippen LogP contribution in [0.25, 0.3) is 0 Å². The number of anilines is 1. The number of nitrogens with one attached hydrogen (secondary N) is 1. The van der Waals surface area contributed by atoms with E-state index in [9.17, 15) is 4.39 Å². The van der Waals surface area contributed by atoms with Crippen LogP contribution in [0.15, 0.2) is 12.3 Å². The lowest BCUT2D eigenvalue weighted by Gasteiger charge is -2.33. The smallest absolute Gasteiger partial charge is 0.141 e. The molecular formula is C16H26FN3. The third-order valence-corrected chi connectivity index (χ3v) is 4.04. The molecule has 0 saturated heterocycles. The molecule has 4 heteroatoms. The highest BCUT2D eigenvalue weighted by Crippen LogP contribution is 2.29. The summed E-state index contributed by atoms with van der Waals surface area (Å²) in [4.78, 5) is 6.65. The number of aromatic nitrogens is 1. The minimum absolute atomic E-state index is 0.248. The van der Waals surface area contributed by atoms with Crippen LogP contribution in [0.3, 0.4) is 0 Å². The van der Waals surface area contributed by atoms with Crippen LogP contribution in [0.5, 0.6) is 0 Å². The Morgan fingerprint density at radius 2 is 2.20 bits per heavy atom. The summed E-state index contributed by atoms with van der Waals surface area (Å²) in [6, 6.07) is 1.62. The summed E-state index contributed by atoms with van der Waals surface area (Å²) in [5, 5.41) is 3.35. The number of pyridine rings is 1. The molecule has 0 spiro atoms. The maximum absolute atomic E-state index is 13.5. The fourth-order valence-corrected chi connectivity index (χ4v) is 2.64. The maximum Gasteiger partial charge on any atom is 0.141 e. The SMILES string of the molecule is CCCNCc1cc(F)cnc1N(CC)CC1CCC1. The van der Waals surface area contributed by atoms with Gasteiger partial charge in [0.2, 0.25) is 0 Å². The fraction of sp³-hybridized carbons (Fsp3) is 0.688. The van der Waals surface area contributed by atoms with E-state index < -0.39 is 0 Å². The van der Waals surface area contributed by atoms with Gasteiger partial charge in [-0.2, -0.15) is 0 Å². The molecule has 1 heterocycles. The van der Waals surface area contributed by atoms with Gasteiger partial charge in [-0.15, -0.1) is 0 Å². The monoisotopic (exact) mass is 279 g/mol. The highest BCUT2D eigenvalue weighted by atomic mass is 19.1. The standard InChI is InChI=1S/C16H26FN3/c1-3-8-18-10-14-9-15(17)11-19-16(14)20(4-2)12-13-6-5-7-13/h9,11,13,18H,3-8,10,12H2,1-2H3. The van der Waals surface area contributed by atoms with E-state index in [-0.39, 0.29) is 5.82 Å². The first-order valence-corrected chi connectivity index (χ1v) is 7.84. The normalized spacial score (nSPS) is 15.2. The maximum atomic E-state index is 13.5. The predicted molar refractivity (Wildman–Crippen MR) is 81.4 cm³/mol. The Balaban J connectivity index is 2.09. The Bertz CT molecular complexity index is 418. The second kappa shape index (κ2) is 7.58. The van der Waals surface area contributed by atoms with Crippen LogP contribution in [0.2, 0.25) is 0 Å². The summed E-state index contributed by atoms with van der Waals surface area (Å²) in [6.45, 7) is 7.89. The summed E-state index contributed by atoms with van der Waals surface area (Å²) in [6.07, 6.45) is 6.41. The van der Waals surface area contributed by atoms with Crippen LogP contribution >= 0.6 is 0 Å². The fourth-order valence-electron chi connectivity index (χ4n) is 2.64. The summed E-state index contributed by atoms with van der Waals surface area (Å²) in [7, 11) is 0. The molecule has 3 nitrogen and oxygen atoms in total. The summed E-state index contributed by atoms with van der Waals surface area (Å²) in [5.74, 6) is 1.49. The van der Waals surface area contributed by atoms with E-state index in [1.54, 1.807) is 6.07 Å². The van der Waals surface area contributed by atoms with E-state index in [0.717, 1.165) is 43.4 Å². The minimum Gasteiger partial charge on any atom is -0.356 e. The number of hydrogen-bond donors (Lipinski definition) is 1. The molecule has 0 radical (unpaired) electrons. The zero-order chi connectivity index (χ0) is 14.4. The summed E-state index contributed by atoms with van der Waals surface area (Å²) in [5.41, 5.74) is 0.972. The van der Waals surface area contributed by atoms with Gasteiger partial charge in [0, 0.05) is 25.2 Å². The van der Waals surface area contributed by atoms with Gasteiger partial charge in [-0.05, 0) is 44.7 Å². The molecule has 1 N–H and O–H groups in total. The highest BCUT2D eigenvalue weighted by Gasteiger charge is 2.22. The van der Waals surface area contributed by atoms with E-state index in [0.29, 0.717) is 6.54 Å². The minimum atomic E-state index is -0.248. The van der Waals surface area contributed by atoms with Gasteiger partial charge in [0.1, 0.15) is 11.6 Å². The van der Waals surface area contributed by atoms with Crippen LogP contribution in [-0.2, 0) is 6.54 Å². The second-order valence-electron chi connectivity index (χ2n) is 5.65. The molecule has 0 aliphatic heterocycles. The predicted octanol–water partition coefficient (Wildman–Crippen LogP) is 3.35.